The second kappa shape index (κ2) is 19.8. The first-order valence-electron chi connectivity index (χ1n) is 12.1. The van der Waals surface area contributed by atoms with Crippen LogP contribution in [-0.2, 0) is 10.1 Å². The van der Waals surface area contributed by atoms with Crippen molar-refractivity contribution in [2.45, 2.75) is 121 Å². The summed E-state index contributed by atoms with van der Waals surface area (Å²) in [5.41, 5.74) is 0.691. The summed E-state index contributed by atoms with van der Waals surface area (Å²) >= 11 is 0. The van der Waals surface area contributed by atoms with E-state index in [1.165, 1.54) is 83.5 Å². The molecule has 3 nitrogen and oxygen atoms in total. The van der Waals surface area contributed by atoms with Gasteiger partial charge in [-0.05, 0) is 12.0 Å². The average Bonchev–Trinajstić information content (AvgIpc) is 2.70. The number of benzene rings is 1. The molecular formula is C25H45NaO3S. The van der Waals surface area contributed by atoms with Crippen molar-refractivity contribution >= 4 is 10.1 Å². The van der Waals surface area contributed by atoms with Crippen molar-refractivity contribution in [3.63, 3.8) is 0 Å². The van der Waals surface area contributed by atoms with Crippen molar-refractivity contribution in [1.29, 1.82) is 0 Å². The van der Waals surface area contributed by atoms with E-state index in [0.29, 0.717) is 12.0 Å². The predicted octanol–water partition coefficient (Wildman–Crippen LogP) is 5.38. The van der Waals surface area contributed by atoms with Crippen LogP contribution in [0.3, 0.4) is 0 Å². The van der Waals surface area contributed by atoms with Gasteiger partial charge in [0.25, 0.3) is 10.1 Å². The van der Waals surface area contributed by atoms with Gasteiger partial charge >= 0.3 is 29.6 Å². The van der Waals surface area contributed by atoms with Gasteiger partial charge in [0.1, 0.15) is 5.25 Å². The quantitative estimate of drug-likeness (QED) is 0.175. The van der Waals surface area contributed by atoms with Crippen LogP contribution >= 0.6 is 0 Å². The second-order valence-electron chi connectivity index (χ2n) is 8.51. The summed E-state index contributed by atoms with van der Waals surface area (Å²) in [6.45, 7) is 2.27. The summed E-state index contributed by atoms with van der Waals surface area (Å²) in [4.78, 5) is 0. The number of rotatable bonds is 19. The number of unbranched alkanes of at least 4 members (excludes halogenated alkanes) is 15. The van der Waals surface area contributed by atoms with Crippen molar-refractivity contribution in [2.75, 3.05) is 0 Å². The third kappa shape index (κ3) is 15.9. The zero-order chi connectivity index (χ0) is 21.2. The first-order valence-corrected chi connectivity index (χ1v) is 13.6. The van der Waals surface area contributed by atoms with Gasteiger partial charge in [0, 0.05) is 0 Å². The Morgan fingerprint density at radius 1 is 0.700 bits per heavy atom. The molecule has 0 fully saturated rings. The number of hydrogen-bond acceptors (Lipinski definition) is 2. The molecule has 0 heterocycles. The van der Waals surface area contributed by atoms with E-state index in [1.54, 1.807) is 12.1 Å². The maximum atomic E-state index is 11.7. The van der Waals surface area contributed by atoms with E-state index in [0.717, 1.165) is 19.3 Å². The molecule has 1 N–H and O–H groups in total. The van der Waals surface area contributed by atoms with E-state index < -0.39 is 15.4 Å². The van der Waals surface area contributed by atoms with Crippen LogP contribution in [0.15, 0.2) is 30.3 Å². The summed E-state index contributed by atoms with van der Waals surface area (Å²) in [7, 11) is -4.04. The fraction of sp³-hybridized carbons (Fsp3) is 0.760. The molecule has 0 aliphatic carbocycles. The molecule has 0 aliphatic heterocycles. The summed E-state index contributed by atoms with van der Waals surface area (Å²) in [6.07, 6.45) is 21.3. The predicted molar refractivity (Wildman–Crippen MR) is 126 cm³/mol. The molecule has 5 heteroatoms. The van der Waals surface area contributed by atoms with Crippen molar-refractivity contribution < 1.29 is 44.0 Å². The van der Waals surface area contributed by atoms with Gasteiger partial charge in [-0.1, -0.05) is 140 Å². The van der Waals surface area contributed by atoms with Crippen molar-refractivity contribution in [3.05, 3.63) is 35.9 Å². The van der Waals surface area contributed by atoms with Crippen molar-refractivity contribution in [3.8, 4) is 0 Å². The Bertz CT molecular complexity index is 596. The van der Waals surface area contributed by atoms with Gasteiger partial charge in [0.05, 0.1) is 0 Å². The smallest absolute Gasteiger partial charge is 1.00 e. The molecule has 170 valence electrons. The van der Waals surface area contributed by atoms with Gasteiger partial charge in [-0.3, -0.25) is 4.55 Å². The molecule has 0 spiro atoms. The minimum atomic E-state index is -4.04. The molecule has 1 atom stereocenters. The van der Waals surface area contributed by atoms with Gasteiger partial charge in [0.2, 0.25) is 0 Å². The van der Waals surface area contributed by atoms with Gasteiger partial charge < -0.3 is 1.43 Å². The van der Waals surface area contributed by atoms with E-state index in [1.807, 2.05) is 18.2 Å². The van der Waals surface area contributed by atoms with Crippen molar-refractivity contribution in [2.24, 2.45) is 0 Å². The fourth-order valence-electron chi connectivity index (χ4n) is 4.03. The third-order valence-corrected chi connectivity index (χ3v) is 7.08. The van der Waals surface area contributed by atoms with Crippen LogP contribution in [0.5, 0.6) is 0 Å². The first-order chi connectivity index (χ1) is 14.1. The molecule has 1 rings (SSSR count). The molecule has 0 radical (unpaired) electrons. The third-order valence-electron chi connectivity index (χ3n) is 5.85. The van der Waals surface area contributed by atoms with Gasteiger partial charge in [-0.25, -0.2) is 0 Å². The molecule has 0 aromatic heterocycles. The van der Waals surface area contributed by atoms with Crippen LogP contribution in [0.1, 0.15) is 128 Å². The molecule has 0 bridgehead atoms. The summed E-state index contributed by atoms with van der Waals surface area (Å²) in [5.74, 6) is 0. The fourth-order valence-corrected chi connectivity index (χ4v) is 5.00. The van der Waals surface area contributed by atoms with Gasteiger partial charge in [-0.2, -0.15) is 8.42 Å². The Balaban J connectivity index is 0. The molecule has 1 aromatic rings. The molecule has 30 heavy (non-hydrogen) atoms. The maximum Gasteiger partial charge on any atom is 1.00 e. The SMILES string of the molecule is CCCCCCCCCCCCCCCCCCC(c1ccccc1)S(=O)(=O)O.[H-].[Na+]. The first kappa shape index (κ1) is 30.1. The molecular weight excluding hydrogens is 403 g/mol. The van der Waals surface area contributed by atoms with Crippen LogP contribution in [-0.4, -0.2) is 13.0 Å². The molecule has 1 aromatic carbocycles. The topological polar surface area (TPSA) is 54.4 Å². The van der Waals surface area contributed by atoms with Crippen LogP contribution in [0, 0.1) is 0 Å². The minimum Gasteiger partial charge on any atom is -1.00 e. The van der Waals surface area contributed by atoms with Crippen LogP contribution in [0.25, 0.3) is 0 Å². The summed E-state index contributed by atoms with van der Waals surface area (Å²) in [6, 6.07) is 9.07. The number of hydrogen-bond donors (Lipinski definition) is 1. The van der Waals surface area contributed by atoms with Gasteiger partial charge in [0.15, 0.2) is 0 Å². The van der Waals surface area contributed by atoms with Crippen molar-refractivity contribution in [1.82, 2.24) is 0 Å². The van der Waals surface area contributed by atoms with Crippen LogP contribution < -0.4 is 29.6 Å². The Kier molecular flexibility index (Phi) is 19.9. The molecule has 0 saturated heterocycles. The normalized spacial score (nSPS) is 12.5. The Labute approximate surface area is 210 Å². The largest absolute Gasteiger partial charge is 1.00 e. The Morgan fingerprint density at radius 3 is 1.43 bits per heavy atom. The zero-order valence-electron chi connectivity index (χ0n) is 20.7. The van der Waals surface area contributed by atoms with E-state index in [2.05, 4.69) is 6.92 Å². The standard InChI is InChI=1S/C25H44O3S.Na.H/c1-2-3-4-5-6-7-8-9-10-11-12-13-14-15-16-20-23-25(29(26,27)28)24-21-18-17-19-22-24;;/h17-19,21-22,25H,2-16,20,23H2,1H3,(H,26,27,28);;/q;+1;-1. The van der Waals surface area contributed by atoms with E-state index >= 15 is 0 Å². The van der Waals surface area contributed by atoms with Gasteiger partial charge in [-0.15, -0.1) is 0 Å². The van der Waals surface area contributed by atoms with Crippen LogP contribution in [0.4, 0.5) is 0 Å². The molecule has 0 aliphatic rings. The zero-order valence-corrected chi connectivity index (χ0v) is 22.5. The summed E-state index contributed by atoms with van der Waals surface area (Å²) in [5, 5.41) is -0.782. The molecule has 0 saturated carbocycles. The molecule has 0 amide bonds. The Morgan fingerprint density at radius 2 is 1.07 bits per heavy atom. The molecule has 1 unspecified atom stereocenters. The summed E-state index contributed by atoms with van der Waals surface area (Å²) < 4.78 is 32.9. The van der Waals surface area contributed by atoms with E-state index in [9.17, 15) is 13.0 Å². The van der Waals surface area contributed by atoms with E-state index in [-0.39, 0.29) is 31.0 Å². The second-order valence-corrected chi connectivity index (χ2v) is 10.1. The monoisotopic (exact) mass is 448 g/mol. The maximum absolute atomic E-state index is 11.7. The Hall–Kier alpha value is 0.130. The van der Waals surface area contributed by atoms with Crippen LogP contribution in [0.2, 0.25) is 0 Å². The minimum absolute atomic E-state index is 0. The van der Waals surface area contributed by atoms with E-state index in [4.69, 9.17) is 0 Å². The average molecular weight is 449 g/mol.